The molecule has 2 spiro atoms. The minimum Gasteiger partial charge on any atom is -0.394 e. The zero-order valence-electron chi connectivity index (χ0n) is 42.6. The number of ether oxygens (including phenoxy) is 10. The lowest BCUT2D eigenvalue weighted by molar-refractivity contribution is -0.380. The fourth-order valence-electron chi connectivity index (χ4n) is 16.9. The molecule has 4 aliphatic carbocycles. The van der Waals surface area contributed by atoms with E-state index in [0.29, 0.717) is 25.9 Å². The number of hydrogen-bond donors (Lipinski definition) is 11. The second kappa shape index (κ2) is 19.4. The van der Waals surface area contributed by atoms with Crippen LogP contribution in [0.4, 0.5) is 0 Å². The third-order valence-corrected chi connectivity index (χ3v) is 20.2. The molecule has 28 atom stereocenters. The van der Waals surface area contributed by atoms with Gasteiger partial charge in [-0.05, 0) is 93.3 Å². The van der Waals surface area contributed by atoms with E-state index in [9.17, 15) is 56.2 Å². The average molecular weight is 1030 g/mol. The highest BCUT2D eigenvalue weighted by atomic mass is 16.8. The van der Waals surface area contributed by atoms with Crippen molar-refractivity contribution < 1.29 is 104 Å². The van der Waals surface area contributed by atoms with Gasteiger partial charge in [0, 0.05) is 24.2 Å². The highest BCUT2D eigenvalue weighted by Gasteiger charge is 2.81. The molecule has 0 amide bonds. The van der Waals surface area contributed by atoms with Crippen LogP contribution in [0.25, 0.3) is 0 Å². The minimum atomic E-state index is -1.82. The third kappa shape index (κ3) is 8.36. The monoisotopic (exact) mass is 1030 g/mol. The van der Waals surface area contributed by atoms with Gasteiger partial charge >= 0.3 is 0 Å². The van der Waals surface area contributed by atoms with E-state index in [1.807, 2.05) is 13.8 Å². The Balaban J connectivity index is 0.910. The van der Waals surface area contributed by atoms with Crippen molar-refractivity contribution in [2.45, 2.75) is 228 Å². The van der Waals surface area contributed by atoms with E-state index in [4.69, 9.17) is 47.4 Å². The van der Waals surface area contributed by atoms with Crippen molar-refractivity contribution >= 4 is 0 Å². The molecule has 10 rings (SSSR count). The van der Waals surface area contributed by atoms with Crippen LogP contribution in [0.2, 0.25) is 0 Å². The lowest BCUT2D eigenvalue weighted by Crippen LogP contribution is -2.68. The minimum absolute atomic E-state index is 0.152. The standard InChI is InChI=1S/C51H82O21/c1-22(2)14-23-15-49(7,72-42-36(60)32(56)25(54)18-63-42)41-24-8-9-30-47(5)12-11-31(46(3,4)29(47)10-13-48(30,6)50(24)20-51(41,71-23)65-21-50)68-45-40(70-43-37(61)34(58)28(17-53)67-43)39(26(55)19-64-45)69-44-38(62)35(59)33(57)27(16-52)66-44/h14,23-45,52-62H,8-13,15-21H2,1-7H3. The topological polar surface area (TPSA) is 315 Å². The summed E-state index contributed by atoms with van der Waals surface area (Å²) in [6.45, 7) is 14.2. The number of allylic oxidation sites excluding steroid dienone is 1. The Labute approximate surface area is 420 Å². The van der Waals surface area contributed by atoms with E-state index in [2.05, 4.69) is 40.7 Å². The summed E-state index contributed by atoms with van der Waals surface area (Å²) in [5.41, 5.74) is -0.901. The van der Waals surface area contributed by atoms with Gasteiger partial charge in [0.2, 0.25) is 0 Å². The fourth-order valence-corrected chi connectivity index (χ4v) is 16.9. The highest BCUT2D eigenvalue weighted by Crippen LogP contribution is 2.80. The molecule has 28 unspecified atom stereocenters. The Bertz CT molecular complexity index is 1970. The van der Waals surface area contributed by atoms with Gasteiger partial charge in [0.15, 0.2) is 30.9 Å². The summed E-state index contributed by atoms with van der Waals surface area (Å²) in [6.07, 6.45) is -17.5. The molecule has 11 N–H and O–H groups in total. The summed E-state index contributed by atoms with van der Waals surface area (Å²) in [6, 6.07) is 0. The van der Waals surface area contributed by atoms with E-state index in [1.54, 1.807) is 0 Å². The Morgan fingerprint density at radius 2 is 1.24 bits per heavy atom. The van der Waals surface area contributed by atoms with Gasteiger partial charge < -0.3 is 104 Å². The van der Waals surface area contributed by atoms with Crippen molar-refractivity contribution in [3.63, 3.8) is 0 Å². The van der Waals surface area contributed by atoms with Crippen LogP contribution in [0, 0.1) is 45.3 Å². The molecule has 6 heterocycles. The van der Waals surface area contributed by atoms with E-state index < -0.39 is 141 Å². The Kier molecular flexibility index (Phi) is 14.6. The van der Waals surface area contributed by atoms with Gasteiger partial charge in [0.1, 0.15) is 79.4 Å². The van der Waals surface area contributed by atoms with Crippen LogP contribution >= 0.6 is 0 Å². The van der Waals surface area contributed by atoms with Crippen LogP contribution in [0.15, 0.2) is 11.6 Å². The lowest BCUT2D eigenvalue weighted by atomic mass is 9.35. The summed E-state index contributed by atoms with van der Waals surface area (Å²) >= 11 is 0. The van der Waals surface area contributed by atoms with E-state index >= 15 is 0 Å². The van der Waals surface area contributed by atoms with Gasteiger partial charge in [-0.2, -0.15) is 0 Å². The predicted molar refractivity (Wildman–Crippen MR) is 245 cm³/mol. The van der Waals surface area contributed by atoms with Crippen molar-refractivity contribution in [2.24, 2.45) is 45.3 Å². The van der Waals surface area contributed by atoms with Crippen LogP contribution in [-0.2, 0) is 47.4 Å². The van der Waals surface area contributed by atoms with Crippen molar-refractivity contribution in [3.05, 3.63) is 11.6 Å². The molecule has 21 heteroatoms. The zero-order valence-corrected chi connectivity index (χ0v) is 42.6. The van der Waals surface area contributed by atoms with Crippen LogP contribution in [0.3, 0.4) is 0 Å². The SMILES string of the molecule is CC(C)=CC1CC(C)(OC2OCC(O)C(O)C2O)C2C3CCC4C5(C)CCC(OC6OCC(O)C(OC7OC(CO)C(O)C(O)C7O)C6OC6OC(CO)C(O)C6O)C(C)(C)C5CCC4(C)C34COC2(C4)O1. The van der Waals surface area contributed by atoms with Crippen LogP contribution < -0.4 is 0 Å². The molecular formula is C51H82O21. The van der Waals surface area contributed by atoms with Crippen molar-refractivity contribution in [3.8, 4) is 0 Å². The largest absolute Gasteiger partial charge is 0.394 e. The van der Waals surface area contributed by atoms with Crippen molar-refractivity contribution in [2.75, 3.05) is 33.0 Å². The molecule has 10 fully saturated rings. The molecule has 0 aromatic rings. The van der Waals surface area contributed by atoms with Gasteiger partial charge in [0.25, 0.3) is 0 Å². The Morgan fingerprint density at radius 1 is 0.625 bits per heavy atom. The first-order valence-electron chi connectivity index (χ1n) is 26.4. The second-order valence-electron chi connectivity index (χ2n) is 24.8. The predicted octanol–water partition coefficient (Wildman–Crippen LogP) is -0.931. The van der Waals surface area contributed by atoms with Gasteiger partial charge in [-0.25, -0.2) is 0 Å². The Hall–Kier alpha value is -1.10. The molecule has 6 saturated heterocycles. The highest BCUT2D eigenvalue weighted by molar-refractivity contribution is 5.27. The van der Waals surface area contributed by atoms with Crippen LogP contribution in [-0.4, -0.2) is 217 Å². The first kappa shape index (κ1) is 54.3. The molecule has 0 aromatic heterocycles. The molecule has 0 radical (unpaired) electrons. The molecular weight excluding hydrogens is 949 g/mol. The molecule has 0 aromatic carbocycles. The first-order valence-corrected chi connectivity index (χ1v) is 26.4. The third-order valence-electron chi connectivity index (χ3n) is 20.2. The number of aliphatic hydroxyl groups is 11. The molecule has 10 aliphatic rings. The number of hydrogen-bond acceptors (Lipinski definition) is 21. The van der Waals surface area contributed by atoms with Crippen molar-refractivity contribution in [1.82, 2.24) is 0 Å². The molecule has 6 aliphatic heterocycles. The summed E-state index contributed by atoms with van der Waals surface area (Å²) in [7, 11) is 0. The number of fused-ring (bicyclic) bond motifs is 4. The number of rotatable bonds is 11. The van der Waals surface area contributed by atoms with E-state index in [0.717, 1.165) is 37.7 Å². The maximum atomic E-state index is 11.5. The van der Waals surface area contributed by atoms with E-state index in [-0.39, 0.29) is 59.2 Å². The second-order valence-corrected chi connectivity index (χ2v) is 24.8. The molecule has 4 saturated carbocycles. The maximum Gasteiger partial charge on any atom is 0.187 e. The maximum absolute atomic E-state index is 11.5. The van der Waals surface area contributed by atoms with Crippen LogP contribution in [0.1, 0.15) is 99.8 Å². The van der Waals surface area contributed by atoms with E-state index in [1.165, 1.54) is 0 Å². The summed E-state index contributed by atoms with van der Waals surface area (Å²) in [4.78, 5) is 0. The molecule has 412 valence electrons. The summed E-state index contributed by atoms with van der Waals surface area (Å²) in [5.74, 6) is -0.585. The van der Waals surface area contributed by atoms with Gasteiger partial charge in [-0.3, -0.25) is 0 Å². The van der Waals surface area contributed by atoms with Gasteiger partial charge in [0.05, 0.1) is 50.8 Å². The van der Waals surface area contributed by atoms with Crippen molar-refractivity contribution in [1.29, 1.82) is 0 Å². The molecule has 72 heavy (non-hydrogen) atoms. The first-order chi connectivity index (χ1) is 33.9. The normalized spacial score (nSPS) is 56.9. The summed E-state index contributed by atoms with van der Waals surface area (Å²) in [5, 5.41) is 117. The van der Waals surface area contributed by atoms with Gasteiger partial charge in [-0.1, -0.05) is 39.3 Å². The number of aliphatic hydroxyl groups excluding tert-OH is 11. The Morgan fingerprint density at radius 3 is 1.90 bits per heavy atom. The lowest BCUT2D eigenvalue weighted by Gasteiger charge is -2.70. The smallest absolute Gasteiger partial charge is 0.187 e. The molecule has 21 nitrogen and oxygen atoms in total. The van der Waals surface area contributed by atoms with Crippen LogP contribution in [0.5, 0.6) is 0 Å². The molecule has 2 bridgehead atoms. The average Bonchev–Trinajstić information content (AvgIpc) is 3.94. The fraction of sp³-hybridized carbons (Fsp3) is 0.961. The zero-order chi connectivity index (χ0) is 51.8. The van der Waals surface area contributed by atoms with Gasteiger partial charge in [-0.15, -0.1) is 0 Å². The quantitative estimate of drug-likeness (QED) is 0.0880. The summed E-state index contributed by atoms with van der Waals surface area (Å²) < 4.78 is 64.1.